The van der Waals surface area contributed by atoms with E-state index in [1.807, 2.05) is 48.6 Å². The van der Waals surface area contributed by atoms with E-state index in [1.54, 1.807) is 0 Å². The second kappa shape index (κ2) is 5.30. The molecule has 86 valence electrons. The lowest BCUT2D eigenvalue weighted by Crippen LogP contribution is -2.08. The molecule has 2 aromatic carbocycles. The highest BCUT2D eigenvalue weighted by Crippen LogP contribution is 2.13. The Kier molecular flexibility index (Phi) is 3.55. The molecule has 0 aliphatic rings. The van der Waals surface area contributed by atoms with Gasteiger partial charge in [-0.2, -0.15) is 5.10 Å². The Hall–Kier alpha value is -2.09. The van der Waals surface area contributed by atoms with Gasteiger partial charge in [0, 0.05) is 7.05 Å². The summed E-state index contributed by atoms with van der Waals surface area (Å²) in [6.07, 6.45) is 1.86. The minimum absolute atomic E-state index is 1.09. The van der Waals surface area contributed by atoms with E-state index in [1.165, 1.54) is 5.56 Å². The van der Waals surface area contributed by atoms with Crippen LogP contribution in [0.15, 0.2) is 59.7 Å². The van der Waals surface area contributed by atoms with E-state index in [-0.39, 0.29) is 0 Å². The third-order valence-electron chi connectivity index (χ3n) is 2.59. The summed E-state index contributed by atoms with van der Waals surface area (Å²) in [6, 6.07) is 18.4. The maximum atomic E-state index is 4.40. The molecular formula is C15H16N2. The minimum Gasteiger partial charge on any atom is -0.269 e. The van der Waals surface area contributed by atoms with E-state index in [4.69, 9.17) is 0 Å². The van der Waals surface area contributed by atoms with E-state index >= 15 is 0 Å². The van der Waals surface area contributed by atoms with Crippen molar-refractivity contribution in [2.75, 3.05) is 12.1 Å². The summed E-state index contributed by atoms with van der Waals surface area (Å²) in [7, 11) is 1.95. The van der Waals surface area contributed by atoms with Gasteiger partial charge in [0.15, 0.2) is 0 Å². The van der Waals surface area contributed by atoms with E-state index in [0.29, 0.717) is 0 Å². The Morgan fingerprint density at radius 2 is 1.59 bits per heavy atom. The van der Waals surface area contributed by atoms with Gasteiger partial charge in [-0.05, 0) is 24.6 Å². The first-order valence-electron chi connectivity index (χ1n) is 5.65. The number of hydrogen-bond donors (Lipinski definition) is 0. The van der Waals surface area contributed by atoms with Crippen LogP contribution in [0.25, 0.3) is 0 Å². The average molecular weight is 224 g/mol. The second-order valence-corrected chi connectivity index (χ2v) is 4.01. The third kappa shape index (κ3) is 3.18. The largest absolute Gasteiger partial charge is 0.269 e. The lowest BCUT2D eigenvalue weighted by molar-refractivity contribution is 1.02. The van der Waals surface area contributed by atoms with Crippen molar-refractivity contribution in [2.24, 2.45) is 5.10 Å². The summed E-state index contributed by atoms with van der Waals surface area (Å²) >= 11 is 0. The molecule has 2 aromatic rings. The van der Waals surface area contributed by atoms with Crippen molar-refractivity contribution < 1.29 is 0 Å². The molecule has 0 saturated carbocycles. The molecular weight excluding hydrogens is 208 g/mol. The normalized spacial score (nSPS) is 10.7. The first kappa shape index (κ1) is 11.4. The summed E-state index contributed by atoms with van der Waals surface area (Å²) in [6.45, 7) is 2.08. The number of aryl methyl sites for hydroxylation is 1. The molecule has 2 nitrogen and oxygen atoms in total. The number of benzene rings is 2. The summed E-state index contributed by atoms with van der Waals surface area (Å²) in [5, 5.41) is 6.27. The smallest absolute Gasteiger partial charge is 0.0590 e. The van der Waals surface area contributed by atoms with E-state index < -0.39 is 0 Å². The molecule has 0 unspecified atom stereocenters. The SMILES string of the molecule is Cc1ccc(N(C)N=Cc2ccccc2)cc1. The lowest BCUT2D eigenvalue weighted by atomic mass is 10.2. The molecule has 0 N–H and O–H groups in total. The van der Waals surface area contributed by atoms with Crippen molar-refractivity contribution >= 4 is 11.9 Å². The van der Waals surface area contributed by atoms with Crippen LogP contribution in [0, 0.1) is 6.92 Å². The van der Waals surface area contributed by atoms with Crippen molar-refractivity contribution in [3.8, 4) is 0 Å². The molecule has 0 saturated heterocycles. The molecule has 2 heteroatoms. The molecule has 17 heavy (non-hydrogen) atoms. The maximum absolute atomic E-state index is 4.40. The van der Waals surface area contributed by atoms with E-state index in [9.17, 15) is 0 Å². The van der Waals surface area contributed by atoms with Crippen molar-refractivity contribution in [1.82, 2.24) is 0 Å². The fourth-order valence-corrected chi connectivity index (χ4v) is 1.52. The molecule has 0 fully saturated rings. The van der Waals surface area contributed by atoms with Crippen LogP contribution in [-0.2, 0) is 0 Å². The van der Waals surface area contributed by atoms with Gasteiger partial charge in [0.1, 0.15) is 0 Å². The Labute approximate surface area is 102 Å². The van der Waals surface area contributed by atoms with Crippen LogP contribution in [0.2, 0.25) is 0 Å². The number of rotatable bonds is 3. The van der Waals surface area contributed by atoms with Crippen molar-refractivity contribution in [3.05, 3.63) is 65.7 Å². The number of hydrogen-bond acceptors (Lipinski definition) is 2. The van der Waals surface area contributed by atoms with Gasteiger partial charge in [-0.15, -0.1) is 0 Å². The molecule has 2 rings (SSSR count). The van der Waals surface area contributed by atoms with Crippen molar-refractivity contribution in [3.63, 3.8) is 0 Å². The number of nitrogens with zero attached hydrogens (tertiary/aromatic N) is 2. The second-order valence-electron chi connectivity index (χ2n) is 4.01. The minimum atomic E-state index is 1.09. The fourth-order valence-electron chi connectivity index (χ4n) is 1.52. The molecule has 0 radical (unpaired) electrons. The van der Waals surface area contributed by atoms with Crippen LogP contribution in [0.1, 0.15) is 11.1 Å². The molecule has 0 aliphatic heterocycles. The van der Waals surface area contributed by atoms with Gasteiger partial charge in [0.2, 0.25) is 0 Å². The van der Waals surface area contributed by atoms with Gasteiger partial charge < -0.3 is 0 Å². The first-order valence-corrected chi connectivity index (χ1v) is 5.65. The standard InChI is InChI=1S/C15H16N2/c1-13-8-10-15(11-9-13)17(2)16-12-14-6-4-3-5-7-14/h3-12H,1-2H3. The average Bonchev–Trinajstić information content (AvgIpc) is 2.38. The van der Waals surface area contributed by atoms with Crippen LogP contribution in [0.4, 0.5) is 5.69 Å². The Balaban J connectivity index is 2.09. The van der Waals surface area contributed by atoms with Crippen molar-refractivity contribution in [1.29, 1.82) is 0 Å². The number of hydrazone groups is 1. The quantitative estimate of drug-likeness (QED) is 0.576. The maximum Gasteiger partial charge on any atom is 0.0590 e. The summed E-state index contributed by atoms with van der Waals surface area (Å²) in [4.78, 5) is 0. The molecule has 0 spiro atoms. The summed E-state index contributed by atoms with van der Waals surface area (Å²) < 4.78 is 0. The van der Waals surface area contributed by atoms with E-state index in [0.717, 1.165) is 11.3 Å². The fraction of sp³-hybridized carbons (Fsp3) is 0.133. The Bertz CT molecular complexity index is 486. The Morgan fingerprint density at radius 3 is 2.24 bits per heavy atom. The lowest BCUT2D eigenvalue weighted by Gasteiger charge is -2.12. The zero-order valence-electron chi connectivity index (χ0n) is 10.2. The highest BCUT2D eigenvalue weighted by molar-refractivity contribution is 5.80. The van der Waals surface area contributed by atoms with Gasteiger partial charge in [0.25, 0.3) is 0 Å². The molecule has 0 aliphatic carbocycles. The van der Waals surface area contributed by atoms with Crippen LogP contribution in [-0.4, -0.2) is 13.3 Å². The zero-order chi connectivity index (χ0) is 12.1. The third-order valence-corrected chi connectivity index (χ3v) is 2.59. The Morgan fingerprint density at radius 1 is 0.941 bits per heavy atom. The van der Waals surface area contributed by atoms with E-state index in [2.05, 4.69) is 36.3 Å². The number of anilines is 1. The summed E-state index contributed by atoms with van der Waals surface area (Å²) in [5.41, 5.74) is 3.45. The molecule has 0 amide bonds. The van der Waals surface area contributed by atoms with Gasteiger partial charge in [-0.1, -0.05) is 48.0 Å². The predicted molar refractivity (Wildman–Crippen MR) is 73.6 cm³/mol. The van der Waals surface area contributed by atoms with Gasteiger partial charge >= 0.3 is 0 Å². The van der Waals surface area contributed by atoms with Gasteiger partial charge in [-0.3, -0.25) is 5.01 Å². The highest BCUT2D eigenvalue weighted by atomic mass is 15.4. The first-order chi connectivity index (χ1) is 8.25. The summed E-state index contributed by atoms with van der Waals surface area (Å²) in [5.74, 6) is 0. The van der Waals surface area contributed by atoms with Crippen LogP contribution in [0.3, 0.4) is 0 Å². The predicted octanol–water partition coefficient (Wildman–Crippen LogP) is 3.47. The molecule has 0 aromatic heterocycles. The van der Waals surface area contributed by atoms with Gasteiger partial charge in [0.05, 0.1) is 11.9 Å². The van der Waals surface area contributed by atoms with Crippen LogP contribution < -0.4 is 5.01 Å². The van der Waals surface area contributed by atoms with Crippen LogP contribution >= 0.6 is 0 Å². The van der Waals surface area contributed by atoms with Crippen molar-refractivity contribution in [2.45, 2.75) is 6.92 Å². The molecule has 0 atom stereocenters. The van der Waals surface area contributed by atoms with Gasteiger partial charge in [-0.25, -0.2) is 0 Å². The molecule has 0 bridgehead atoms. The highest BCUT2D eigenvalue weighted by Gasteiger charge is 1.96. The molecule has 0 heterocycles. The topological polar surface area (TPSA) is 15.6 Å². The van der Waals surface area contributed by atoms with Crippen LogP contribution in [0.5, 0.6) is 0 Å². The monoisotopic (exact) mass is 224 g/mol. The zero-order valence-corrected chi connectivity index (χ0v) is 10.2.